The highest BCUT2D eigenvalue weighted by Crippen LogP contribution is 2.30. The normalized spacial score (nSPS) is 15.9. The number of hydrogen-bond acceptors (Lipinski definition) is 2. The third kappa shape index (κ3) is 3.26. The first-order valence-corrected chi connectivity index (χ1v) is 7.35. The molecule has 4 heteroatoms. The van der Waals surface area contributed by atoms with E-state index >= 15 is 0 Å². The largest absolute Gasteiger partial charge is 0.490 e. The number of hydrogen-bond donors (Lipinski definition) is 1. The van der Waals surface area contributed by atoms with Crippen molar-refractivity contribution < 1.29 is 4.74 Å². The Morgan fingerprint density at radius 2 is 1.70 bits per heavy atom. The predicted molar refractivity (Wildman–Crippen MR) is 82.6 cm³/mol. The Morgan fingerprint density at radius 1 is 1.00 bits per heavy atom. The molecule has 1 aliphatic rings. The van der Waals surface area contributed by atoms with Crippen LogP contribution in [0.25, 0.3) is 0 Å². The highest BCUT2D eigenvalue weighted by molar-refractivity contribution is 6.34. The van der Waals surface area contributed by atoms with Gasteiger partial charge in [-0.05, 0) is 54.3 Å². The van der Waals surface area contributed by atoms with E-state index in [0.717, 1.165) is 29.7 Å². The van der Waals surface area contributed by atoms with Crippen LogP contribution in [0.5, 0.6) is 5.75 Å². The van der Waals surface area contributed by atoms with Crippen LogP contribution >= 0.6 is 23.2 Å². The summed E-state index contributed by atoms with van der Waals surface area (Å²) in [4.78, 5) is 0. The summed E-state index contributed by atoms with van der Waals surface area (Å²) in [5.41, 5.74) is 8.18. The molecule has 104 valence electrons. The van der Waals surface area contributed by atoms with Crippen LogP contribution in [0.15, 0.2) is 42.5 Å². The summed E-state index contributed by atoms with van der Waals surface area (Å²) in [6, 6.07) is 13.0. The molecule has 0 spiro atoms. The first kappa shape index (κ1) is 13.7. The van der Waals surface area contributed by atoms with Crippen molar-refractivity contribution >= 4 is 23.2 Å². The van der Waals surface area contributed by atoms with Gasteiger partial charge in [0, 0.05) is 10.0 Å². The van der Waals surface area contributed by atoms with E-state index < -0.39 is 0 Å². The predicted octanol–water partition coefficient (Wildman–Crippen LogP) is 4.58. The molecule has 1 aliphatic carbocycles. The van der Waals surface area contributed by atoms with Crippen molar-refractivity contribution in [1.82, 2.24) is 0 Å². The quantitative estimate of drug-likeness (QED) is 0.897. The minimum Gasteiger partial charge on any atom is -0.490 e. The molecule has 2 N–H and O–H groups in total. The number of halogens is 2. The van der Waals surface area contributed by atoms with Crippen molar-refractivity contribution in [1.29, 1.82) is 0 Å². The first-order valence-electron chi connectivity index (χ1n) is 6.60. The van der Waals surface area contributed by atoms with Gasteiger partial charge in [0.2, 0.25) is 0 Å². The topological polar surface area (TPSA) is 35.2 Å². The summed E-state index contributed by atoms with van der Waals surface area (Å²) in [5.74, 6) is 0.869. The van der Waals surface area contributed by atoms with E-state index in [-0.39, 0.29) is 6.04 Å². The molecule has 1 fully saturated rings. The average Bonchev–Trinajstić information content (AvgIpc) is 3.21. The van der Waals surface area contributed by atoms with E-state index in [2.05, 4.69) is 0 Å². The molecule has 0 radical (unpaired) electrons. The van der Waals surface area contributed by atoms with Crippen LogP contribution < -0.4 is 10.5 Å². The molecule has 0 aliphatic heterocycles. The summed E-state index contributed by atoms with van der Waals surface area (Å²) in [5, 5.41) is 1.18. The van der Waals surface area contributed by atoms with Gasteiger partial charge in [-0.25, -0.2) is 0 Å². The molecular formula is C16H15Cl2NO. The third-order valence-corrected chi connectivity index (χ3v) is 3.72. The maximum atomic E-state index is 6.30. The second-order valence-corrected chi connectivity index (χ2v) is 5.94. The minimum absolute atomic E-state index is 0.269. The monoisotopic (exact) mass is 307 g/mol. The zero-order valence-electron chi connectivity index (χ0n) is 10.9. The van der Waals surface area contributed by atoms with Crippen molar-refractivity contribution in [2.75, 3.05) is 0 Å². The van der Waals surface area contributed by atoms with Gasteiger partial charge in [0.1, 0.15) is 5.75 Å². The SMILES string of the molecule is NC(c1cc(Cl)cc(Cl)c1)c1cccc(OC2CC2)c1. The molecule has 0 bridgehead atoms. The zero-order valence-corrected chi connectivity index (χ0v) is 12.4. The maximum absolute atomic E-state index is 6.30. The maximum Gasteiger partial charge on any atom is 0.120 e. The molecule has 1 atom stereocenters. The Morgan fingerprint density at radius 3 is 2.35 bits per heavy atom. The van der Waals surface area contributed by atoms with Crippen molar-refractivity contribution in [3.8, 4) is 5.75 Å². The molecule has 0 aromatic heterocycles. The molecule has 2 aromatic rings. The lowest BCUT2D eigenvalue weighted by Gasteiger charge is -2.15. The van der Waals surface area contributed by atoms with Gasteiger partial charge in [0.15, 0.2) is 0 Å². The number of ether oxygens (including phenoxy) is 1. The van der Waals surface area contributed by atoms with Crippen LogP contribution in [0.4, 0.5) is 0 Å². The molecule has 1 saturated carbocycles. The van der Waals surface area contributed by atoms with Crippen LogP contribution in [0.3, 0.4) is 0 Å². The summed E-state index contributed by atoms with van der Waals surface area (Å²) in [6.07, 6.45) is 2.66. The molecule has 0 saturated heterocycles. The van der Waals surface area contributed by atoms with Crippen LogP contribution in [-0.2, 0) is 0 Å². The van der Waals surface area contributed by atoms with Gasteiger partial charge in [-0.1, -0.05) is 35.3 Å². The number of benzene rings is 2. The van der Waals surface area contributed by atoms with Gasteiger partial charge in [0.25, 0.3) is 0 Å². The lowest BCUT2D eigenvalue weighted by Crippen LogP contribution is -2.12. The van der Waals surface area contributed by atoms with E-state index in [9.17, 15) is 0 Å². The Balaban J connectivity index is 1.86. The van der Waals surface area contributed by atoms with Gasteiger partial charge in [-0.3, -0.25) is 0 Å². The van der Waals surface area contributed by atoms with Gasteiger partial charge in [-0.2, -0.15) is 0 Å². The Labute approximate surface area is 128 Å². The highest BCUT2D eigenvalue weighted by atomic mass is 35.5. The summed E-state index contributed by atoms with van der Waals surface area (Å²) < 4.78 is 5.79. The van der Waals surface area contributed by atoms with Crippen LogP contribution in [-0.4, -0.2) is 6.10 Å². The van der Waals surface area contributed by atoms with E-state index in [4.69, 9.17) is 33.7 Å². The molecule has 1 unspecified atom stereocenters. The molecular weight excluding hydrogens is 293 g/mol. The first-order chi connectivity index (χ1) is 9.61. The lowest BCUT2D eigenvalue weighted by molar-refractivity contribution is 0.303. The second-order valence-electron chi connectivity index (χ2n) is 5.07. The average molecular weight is 308 g/mol. The van der Waals surface area contributed by atoms with Crippen LogP contribution in [0, 0.1) is 0 Å². The molecule has 2 aromatic carbocycles. The fourth-order valence-electron chi connectivity index (χ4n) is 2.11. The van der Waals surface area contributed by atoms with Crippen molar-refractivity contribution in [2.24, 2.45) is 5.73 Å². The Hall–Kier alpha value is -1.22. The van der Waals surface area contributed by atoms with E-state index in [1.54, 1.807) is 6.07 Å². The zero-order chi connectivity index (χ0) is 14.1. The number of rotatable bonds is 4. The van der Waals surface area contributed by atoms with Gasteiger partial charge in [-0.15, -0.1) is 0 Å². The van der Waals surface area contributed by atoms with Gasteiger partial charge < -0.3 is 10.5 Å². The molecule has 20 heavy (non-hydrogen) atoms. The van der Waals surface area contributed by atoms with Crippen molar-refractivity contribution in [2.45, 2.75) is 25.0 Å². The Bertz CT molecular complexity index is 605. The smallest absolute Gasteiger partial charge is 0.120 e. The van der Waals surface area contributed by atoms with Crippen LogP contribution in [0.2, 0.25) is 10.0 Å². The Kier molecular flexibility index (Phi) is 3.88. The molecule has 3 rings (SSSR count). The number of nitrogens with two attached hydrogens (primary N) is 1. The van der Waals surface area contributed by atoms with Crippen molar-refractivity contribution in [3.05, 3.63) is 63.6 Å². The fourth-order valence-corrected chi connectivity index (χ4v) is 2.65. The lowest BCUT2D eigenvalue weighted by atomic mass is 9.99. The van der Waals surface area contributed by atoms with E-state index in [1.807, 2.05) is 36.4 Å². The second kappa shape index (κ2) is 5.65. The van der Waals surface area contributed by atoms with Gasteiger partial charge in [0.05, 0.1) is 12.1 Å². The standard InChI is InChI=1S/C16H15Cl2NO/c17-12-6-11(7-13(18)9-12)16(19)10-2-1-3-15(8-10)20-14-4-5-14/h1-3,6-9,14,16H,4-5,19H2. The molecule has 2 nitrogen and oxygen atoms in total. The van der Waals surface area contributed by atoms with Crippen molar-refractivity contribution in [3.63, 3.8) is 0 Å². The van der Waals surface area contributed by atoms with E-state index in [0.29, 0.717) is 16.1 Å². The van der Waals surface area contributed by atoms with E-state index in [1.165, 1.54) is 0 Å². The minimum atomic E-state index is -0.269. The third-order valence-electron chi connectivity index (χ3n) is 3.29. The summed E-state index contributed by atoms with van der Waals surface area (Å²) in [6.45, 7) is 0. The van der Waals surface area contributed by atoms with Gasteiger partial charge >= 0.3 is 0 Å². The molecule has 0 amide bonds. The fraction of sp³-hybridized carbons (Fsp3) is 0.250. The summed E-state index contributed by atoms with van der Waals surface area (Å²) >= 11 is 12.1. The highest BCUT2D eigenvalue weighted by Gasteiger charge is 2.23. The molecule has 0 heterocycles. The van der Waals surface area contributed by atoms with Crippen LogP contribution in [0.1, 0.15) is 30.0 Å². The summed E-state index contributed by atoms with van der Waals surface area (Å²) in [7, 11) is 0.